The minimum Gasteiger partial charge on any atom is -0.445 e. The molecule has 1 saturated heterocycles. The molecular formula is C30H33N5O5. The van der Waals surface area contributed by atoms with Gasteiger partial charge in [0.2, 0.25) is 11.6 Å². The summed E-state index contributed by atoms with van der Waals surface area (Å²) < 4.78 is 10.9. The first-order chi connectivity index (χ1) is 19.2. The molecule has 0 spiro atoms. The maximum atomic E-state index is 13.3. The molecule has 1 fully saturated rings. The minimum atomic E-state index is -0.595. The second kappa shape index (κ2) is 11.3. The summed E-state index contributed by atoms with van der Waals surface area (Å²) in [5.74, 6) is -0.198. The first-order valence-corrected chi connectivity index (χ1v) is 13.3. The van der Waals surface area contributed by atoms with Crippen LogP contribution in [0.25, 0.3) is 0 Å². The van der Waals surface area contributed by atoms with E-state index in [1.54, 1.807) is 22.1 Å². The summed E-state index contributed by atoms with van der Waals surface area (Å²) in [5, 5.41) is 0. The number of ketones is 1. The van der Waals surface area contributed by atoms with E-state index >= 15 is 0 Å². The van der Waals surface area contributed by atoms with Crippen molar-refractivity contribution in [2.24, 2.45) is 0 Å². The fraction of sp³-hybridized carbons (Fsp3) is 0.367. The first-order valence-electron chi connectivity index (χ1n) is 13.3. The summed E-state index contributed by atoms with van der Waals surface area (Å²) in [6, 6.07) is 16.9. The molecule has 0 aliphatic carbocycles. The summed E-state index contributed by atoms with van der Waals surface area (Å²) >= 11 is 0. The Hall–Kier alpha value is -4.47. The number of benzene rings is 2. The maximum Gasteiger partial charge on any atom is 0.410 e. The number of amides is 2. The highest BCUT2D eigenvalue weighted by atomic mass is 16.6. The summed E-state index contributed by atoms with van der Waals surface area (Å²) in [7, 11) is 0. The number of hydrogen-bond acceptors (Lipinski definition) is 8. The third-order valence-corrected chi connectivity index (χ3v) is 6.73. The molecule has 10 nitrogen and oxygen atoms in total. The zero-order valence-electron chi connectivity index (χ0n) is 23.0. The molecule has 2 aromatic carbocycles. The van der Waals surface area contributed by atoms with Crippen LogP contribution in [0.1, 0.15) is 53.8 Å². The predicted octanol–water partition coefficient (Wildman–Crippen LogP) is 4.42. The molecule has 0 unspecified atom stereocenters. The quantitative estimate of drug-likeness (QED) is 0.436. The van der Waals surface area contributed by atoms with Gasteiger partial charge in [-0.3, -0.25) is 9.69 Å². The number of anilines is 1. The molecule has 2 aliphatic heterocycles. The zero-order chi connectivity index (χ0) is 28.3. The maximum absolute atomic E-state index is 13.3. The van der Waals surface area contributed by atoms with Crippen molar-refractivity contribution in [2.75, 3.05) is 31.1 Å². The van der Waals surface area contributed by atoms with Gasteiger partial charge in [-0.1, -0.05) is 42.5 Å². The van der Waals surface area contributed by atoms with Crippen LogP contribution < -0.4 is 4.90 Å². The third-order valence-electron chi connectivity index (χ3n) is 6.73. The molecule has 5 rings (SSSR count). The Bertz CT molecular complexity index is 1400. The SMILES string of the molecule is CC(C)(C)OC(=O)N1Cc2cnc(C(=O)c3cccc(N4CCN(C(=O)OCc5ccccc5)CC4)c3)nc2C1. The number of hydrogen-bond donors (Lipinski definition) is 0. The van der Waals surface area contributed by atoms with Gasteiger partial charge in [0.25, 0.3) is 0 Å². The fourth-order valence-electron chi connectivity index (χ4n) is 4.65. The van der Waals surface area contributed by atoms with Crippen molar-refractivity contribution in [3.05, 3.63) is 89.0 Å². The molecular weight excluding hydrogens is 510 g/mol. The molecule has 208 valence electrons. The fourth-order valence-corrected chi connectivity index (χ4v) is 4.65. The molecule has 3 aromatic rings. The van der Waals surface area contributed by atoms with Crippen LogP contribution in [-0.4, -0.2) is 69.5 Å². The monoisotopic (exact) mass is 543 g/mol. The third kappa shape index (κ3) is 6.39. The molecule has 0 atom stereocenters. The molecule has 2 amide bonds. The Morgan fingerprint density at radius 2 is 1.62 bits per heavy atom. The Labute approximate surface area is 233 Å². The lowest BCUT2D eigenvalue weighted by molar-refractivity contribution is 0.0240. The lowest BCUT2D eigenvalue weighted by Crippen LogP contribution is -2.49. The van der Waals surface area contributed by atoms with Gasteiger partial charge in [0.1, 0.15) is 12.2 Å². The van der Waals surface area contributed by atoms with E-state index < -0.39 is 11.7 Å². The number of carbonyl (C=O) groups is 3. The number of nitrogens with zero attached hydrogens (tertiary/aromatic N) is 5. The normalized spacial score (nSPS) is 15.0. The first kappa shape index (κ1) is 27.1. The van der Waals surface area contributed by atoms with Crippen LogP contribution >= 0.6 is 0 Å². The van der Waals surface area contributed by atoms with E-state index in [4.69, 9.17) is 9.47 Å². The van der Waals surface area contributed by atoms with E-state index in [1.165, 1.54) is 0 Å². The number of ether oxygens (including phenoxy) is 2. The van der Waals surface area contributed by atoms with Crippen LogP contribution in [0.2, 0.25) is 0 Å². The molecule has 3 heterocycles. The van der Waals surface area contributed by atoms with Crippen LogP contribution in [0.3, 0.4) is 0 Å². The van der Waals surface area contributed by atoms with Crippen molar-refractivity contribution in [3.63, 3.8) is 0 Å². The largest absolute Gasteiger partial charge is 0.445 e. The summed E-state index contributed by atoms with van der Waals surface area (Å²) in [5.41, 5.74) is 3.17. The summed E-state index contributed by atoms with van der Waals surface area (Å²) in [6.45, 7) is 8.60. The standard InChI is InChI=1S/C30H33N5O5/c1-30(2,3)40-29(38)35-18-23-17-31-27(32-25(23)19-35)26(36)22-10-7-11-24(16-22)33-12-14-34(15-13-33)28(37)39-20-21-8-5-4-6-9-21/h4-11,16-17H,12-15,18-20H2,1-3H3. The van der Waals surface area contributed by atoms with Gasteiger partial charge >= 0.3 is 12.2 Å². The van der Waals surface area contributed by atoms with Crippen LogP contribution in [-0.2, 0) is 29.2 Å². The summed E-state index contributed by atoms with van der Waals surface area (Å²) in [6.07, 6.45) is 0.863. The molecule has 0 saturated carbocycles. The number of rotatable bonds is 5. The van der Waals surface area contributed by atoms with Gasteiger partial charge in [-0.15, -0.1) is 0 Å². The number of carbonyl (C=O) groups excluding carboxylic acids is 3. The van der Waals surface area contributed by atoms with E-state index in [1.807, 2.05) is 69.3 Å². The van der Waals surface area contributed by atoms with Gasteiger partial charge < -0.3 is 19.3 Å². The topological polar surface area (TPSA) is 105 Å². The van der Waals surface area contributed by atoms with Gasteiger partial charge in [0.15, 0.2) is 0 Å². The Morgan fingerprint density at radius 3 is 2.35 bits per heavy atom. The molecule has 10 heteroatoms. The van der Waals surface area contributed by atoms with Crippen LogP contribution in [0, 0.1) is 0 Å². The van der Waals surface area contributed by atoms with E-state index in [9.17, 15) is 14.4 Å². The second-order valence-electron chi connectivity index (χ2n) is 10.9. The van der Waals surface area contributed by atoms with Crippen molar-refractivity contribution in [1.82, 2.24) is 19.8 Å². The smallest absolute Gasteiger partial charge is 0.410 e. The highest BCUT2D eigenvalue weighted by Crippen LogP contribution is 2.24. The average Bonchev–Trinajstić information content (AvgIpc) is 3.39. The molecule has 0 bridgehead atoms. The molecule has 0 N–H and O–H groups in total. The lowest BCUT2D eigenvalue weighted by atomic mass is 10.1. The van der Waals surface area contributed by atoms with Crippen molar-refractivity contribution in [3.8, 4) is 0 Å². The van der Waals surface area contributed by atoms with Gasteiger partial charge in [-0.25, -0.2) is 19.6 Å². The van der Waals surface area contributed by atoms with E-state index in [2.05, 4.69) is 14.9 Å². The molecule has 2 aliphatic rings. The van der Waals surface area contributed by atoms with Crippen molar-refractivity contribution < 1.29 is 23.9 Å². The Morgan fingerprint density at radius 1 is 0.875 bits per heavy atom. The number of aromatic nitrogens is 2. The minimum absolute atomic E-state index is 0.0907. The zero-order valence-corrected chi connectivity index (χ0v) is 23.0. The van der Waals surface area contributed by atoms with Crippen molar-refractivity contribution in [1.29, 1.82) is 0 Å². The molecule has 0 radical (unpaired) electrons. The molecule has 40 heavy (non-hydrogen) atoms. The molecule has 1 aromatic heterocycles. The highest BCUT2D eigenvalue weighted by Gasteiger charge is 2.30. The van der Waals surface area contributed by atoms with Gasteiger partial charge in [0.05, 0.1) is 18.8 Å². The van der Waals surface area contributed by atoms with Gasteiger partial charge in [0, 0.05) is 49.2 Å². The average molecular weight is 544 g/mol. The Kier molecular flexibility index (Phi) is 7.68. The van der Waals surface area contributed by atoms with Crippen LogP contribution in [0.5, 0.6) is 0 Å². The number of piperazine rings is 1. The van der Waals surface area contributed by atoms with E-state index in [-0.39, 0.29) is 30.9 Å². The summed E-state index contributed by atoms with van der Waals surface area (Å²) in [4.78, 5) is 52.4. The van der Waals surface area contributed by atoms with Crippen molar-refractivity contribution in [2.45, 2.75) is 46.1 Å². The van der Waals surface area contributed by atoms with E-state index in [0.29, 0.717) is 44.0 Å². The van der Waals surface area contributed by atoms with Crippen LogP contribution in [0.4, 0.5) is 15.3 Å². The van der Waals surface area contributed by atoms with Crippen molar-refractivity contribution >= 4 is 23.7 Å². The second-order valence-corrected chi connectivity index (χ2v) is 10.9. The predicted molar refractivity (Wildman–Crippen MR) is 148 cm³/mol. The highest BCUT2D eigenvalue weighted by molar-refractivity contribution is 6.07. The Balaban J connectivity index is 1.18. The van der Waals surface area contributed by atoms with Crippen LogP contribution in [0.15, 0.2) is 60.8 Å². The van der Waals surface area contributed by atoms with Gasteiger partial charge in [-0.05, 0) is 38.5 Å². The van der Waals surface area contributed by atoms with Gasteiger partial charge in [-0.2, -0.15) is 0 Å². The van der Waals surface area contributed by atoms with E-state index in [0.717, 1.165) is 16.8 Å². The lowest BCUT2D eigenvalue weighted by Gasteiger charge is -2.35. The number of fused-ring (bicyclic) bond motifs is 1.